The van der Waals surface area contributed by atoms with Gasteiger partial charge in [-0.25, -0.2) is 4.39 Å². The first-order valence-electron chi connectivity index (χ1n) is 3.95. The van der Waals surface area contributed by atoms with Crippen molar-refractivity contribution in [1.82, 2.24) is 0 Å². The van der Waals surface area contributed by atoms with Gasteiger partial charge in [-0.2, -0.15) is 0 Å². The molecule has 1 aromatic carbocycles. The van der Waals surface area contributed by atoms with E-state index in [-0.39, 0.29) is 5.82 Å². The third-order valence-corrected chi connectivity index (χ3v) is 1.64. The first-order valence-corrected chi connectivity index (χ1v) is 3.95. The zero-order valence-electron chi connectivity index (χ0n) is 7.30. The van der Waals surface area contributed by atoms with E-state index in [4.69, 9.17) is 4.74 Å². The van der Waals surface area contributed by atoms with Gasteiger partial charge in [0.2, 0.25) is 0 Å². The van der Waals surface area contributed by atoms with Crippen LogP contribution in [0.25, 0.3) is 0 Å². The molecule has 0 heterocycles. The number of rotatable bonds is 3. The van der Waals surface area contributed by atoms with Crippen molar-refractivity contribution in [1.29, 1.82) is 0 Å². The average Bonchev–Trinajstić information content (AvgIpc) is 2.09. The van der Waals surface area contributed by atoms with E-state index in [2.05, 4.69) is 0 Å². The molecule has 0 aliphatic rings. The van der Waals surface area contributed by atoms with Crippen molar-refractivity contribution in [3.8, 4) is 5.75 Å². The van der Waals surface area contributed by atoms with Gasteiger partial charge < -0.3 is 4.74 Å². The Kier molecular flexibility index (Phi) is 3.09. The molecule has 0 bridgehead atoms. The van der Waals surface area contributed by atoms with Gasteiger partial charge >= 0.3 is 0 Å². The molecule has 1 nitrogen and oxygen atoms in total. The van der Waals surface area contributed by atoms with Crippen molar-refractivity contribution in [2.45, 2.75) is 13.3 Å². The van der Waals surface area contributed by atoms with Crippen LogP contribution >= 0.6 is 0 Å². The molecule has 2 heteroatoms. The molecule has 0 aliphatic heterocycles. The van der Waals surface area contributed by atoms with Gasteiger partial charge in [0.25, 0.3) is 0 Å². The zero-order valence-corrected chi connectivity index (χ0v) is 7.30. The number of ether oxygens (including phenoxy) is 1. The minimum Gasteiger partial charge on any atom is -0.494 e. The molecule has 12 heavy (non-hydrogen) atoms. The monoisotopic (exact) mass is 167 g/mol. The minimum absolute atomic E-state index is 0.276. The number of hydrogen-bond donors (Lipinski definition) is 0. The predicted molar refractivity (Wildman–Crippen MR) is 46.6 cm³/mol. The van der Waals surface area contributed by atoms with E-state index in [1.807, 2.05) is 13.3 Å². The van der Waals surface area contributed by atoms with Crippen LogP contribution in [-0.2, 0) is 0 Å². The fraction of sp³-hybridized carbons (Fsp3) is 0.300. The standard InChI is InChI=1S/C10H12FO/c1-3-5-8-6-4-7-9(12-2)10(8)11/h4-7H,3H2,1-2H3. The highest BCUT2D eigenvalue weighted by Gasteiger charge is 2.06. The highest BCUT2D eigenvalue weighted by atomic mass is 19.1. The summed E-state index contributed by atoms with van der Waals surface area (Å²) in [5.74, 6) is 0.0269. The van der Waals surface area contributed by atoms with E-state index in [0.29, 0.717) is 11.3 Å². The Morgan fingerprint density at radius 2 is 2.25 bits per heavy atom. The molecule has 0 fully saturated rings. The number of hydrogen-bond acceptors (Lipinski definition) is 1. The van der Waals surface area contributed by atoms with Crippen molar-refractivity contribution in [2.24, 2.45) is 0 Å². The summed E-state index contributed by atoms with van der Waals surface area (Å²) in [6.07, 6.45) is 2.65. The molecule has 65 valence electrons. The van der Waals surface area contributed by atoms with Crippen LogP contribution < -0.4 is 4.74 Å². The quantitative estimate of drug-likeness (QED) is 0.672. The van der Waals surface area contributed by atoms with Gasteiger partial charge in [0, 0.05) is 0 Å². The van der Waals surface area contributed by atoms with Crippen LogP contribution in [0.1, 0.15) is 18.9 Å². The molecular weight excluding hydrogens is 155 g/mol. The lowest BCUT2D eigenvalue weighted by molar-refractivity contribution is 0.385. The predicted octanol–water partition coefficient (Wildman–Crippen LogP) is 2.80. The molecular formula is C10H12FO. The molecule has 0 amide bonds. The second kappa shape index (κ2) is 4.10. The lowest BCUT2D eigenvalue weighted by Crippen LogP contribution is -1.92. The Morgan fingerprint density at radius 3 is 2.83 bits per heavy atom. The van der Waals surface area contributed by atoms with Crippen LogP contribution in [0.3, 0.4) is 0 Å². The highest BCUT2D eigenvalue weighted by Crippen LogP contribution is 2.21. The lowest BCUT2D eigenvalue weighted by atomic mass is 10.1. The lowest BCUT2D eigenvalue weighted by Gasteiger charge is -2.05. The van der Waals surface area contributed by atoms with E-state index in [1.54, 1.807) is 18.2 Å². The Balaban J connectivity index is 2.97. The van der Waals surface area contributed by atoms with Gasteiger partial charge in [-0.15, -0.1) is 0 Å². The van der Waals surface area contributed by atoms with E-state index >= 15 is 0 Å². The largest absolute Gasteiger partial charge is 0.494 e. The third kappa shape index (κ3) is 1.76. The van der Waals surface area contributed by atoms with Gasteiger partial charge in [-0.3, -0.25) is 0 Å². The molecule has 0 aliphatic carbocycles. The van der Waals surface area contributed by atoms with Gasteiger partial charge in [0.1, 0.15) is 0 Å². The third-order valence-electron chi connectivity index (χ3n) is 1.64. The summed E-state index contributed by atoms with van der Waals surface area (Å²) in [7, 11) is 1.47. The highest BCUT2D eigenvalue weighted by molar-refractivity contribution is 5.34. The van der Waals surface area contributed by atoms with E-state index < -0.39 is 0 Å². The fourth-order valence-electron chi connectivity index (χ4n) is 1.06. The summed E-state index contributed by atoms with van der Waals surface area (Å²) < 4.78 is 18.1. The van der Waals surface area contributed by atoms with Crippen molar-refractivity contribution in [2.75, 3.05) is 7.11 Å². The molecule has 1 radical (unpaired) electrons. The molecule has 1 rings (SSSR count). The maximum absolute atomic E-state index is 13.3. The molecule has 0 saturated heterocycles. The summed E-state index contributed by atoms with van der Waals surface area (Å²) in [5.41, 5.74) is 0.608. The summed E-state index contributed by atoms with van der Waals surface area (Å²) >= 11 is 0. The molecule has 0 spiro atoms. The van der Waals surface area contributed by atoms with Gasteiger partial charge in [0.05, 0.1) is 7.11 Å². The normalized spacial score (nSPS) is 9.92. The number of methoxy groups -OCH3 is 1. The van der Waals surface area contributed by atoms with Crippen molar-refractivity contribution < 1.29 is 9.13 Å². The average molecular weight is 167 g/mol. The van der Waals surface area contributed by atoms with Crippen molar-refractivity contribution >= 4 is 0 Å². The molecule has 0 unspecified atom stereocenters. The van der Waals surface area contributed by atoms with Crippen molar-refractivity contribution in [3.05, 3.63) is 36.0 Å². The second-order valence-corrected chi connectivity index (χ2v) is 2.48. The smallest absolute Gasteiger partial charge is 0.168 e. The van der Waals surface area contributed by atoms with Crippen LogP contribution in [0.5, 0.6) is 5.75 Å². The van der Waals surface area contributed by atoms with Crippen LogP contribution in [0.2, 0.25) is 0 Å². The minimum atomic E-state index is -0.276. The van der Waals surface area contributed by atoms with E-state index in [0.717, 1.165) is 6.42 Å². The topological polar surface area (TPSA) is 9.23 Å². The second-order valence-electron chi connectivity index (χ2n) is 2.48. The summed E-state index contributed by atoms with van der Waals surface area (Å²) in [5, 5.41) is 0. The first kappa shape index (κ1) is 9.04. The zero-order chi connectivity index (χ0) is 8.97. The van der Waals surface area contributed by atoms with Crippen molar-refractivity contribution in [3.63, 3.8) is 0 Å². The maximum Gasteiger partial charge on any atom is 0.168 e. The summed E-state index contributed by atoms with van der Waals surface area (Å²) in [6.45, 7) is 1.97. The molecule has 0 aromatic heterocycles. The van der Waals surface area contributed by atoms with Crippen LogP contribution in [0.15, 0.2) is 18.2 Å². The summed E-state index contributed by atoms with van der Waals surface area (Å²) in [4.78, 5) is 0. The van der Waals surface area contributed by atoms with Gasteiger partial charge in [-0.05, 0) is 24.5 Å². The number of halogens is 1. The molecule has 1 aromatic rings. The van der Waals surface area contributed by atoms with E-state index in [1.165, 1.54) is 7.11 Å². The maximum atomic E-state index is 13.3. The summed E-state index contributed by atoms with van der Waals surface area (Å²) in [6, 6.07) is 5.13. The van der Waals surface area contributed by atoms with Crippen LogP contribution in [-0.4, -0.2) is 7.11 Å². The van der Waals surface area contributed by atoms with Crippen LogP contribution in [0.4, 0.5) is 4.39 Å². The molecule has 0 atom stereocenters. The number of benzene rings is 1. The van der Waals surface area contributed by atoms with Crippen LogP contribution in [0, 0.1) is 12.2 Å². The molecule has 0 saturated carbocycles. The van der Waals surface area contributed by atoms with Gasteiger partial charge in [0.15, 0.2) is 11.6 Å². The Hall–Kier alpha value is -1.05. The SMILES string of the molecule is CC[CH]c1cccc(OC)c1F. The Labute approximate surface area is 72.2 Å². The van der Waals surface area contributed by atoms with E-state index in [9.17, 15) is 4.39 Å². The van der Waals surface area contributed by atoms with Gasteiger partial charge in [-0.1, -0.05) is 19.1 Å². The Morgan fingerprint density at radius 1 is 1.50 bits per heavy atom. The molecule has 0 N–H and O–H groups in total. The first-order chi connectivity index (χ1) is 5.79. The fourth-order valence-corrected chi connectivity index (χ4v) is 1.06. The Bertz CT molecular complexity index is 258.